The molecule has 88 valence electrons. The van der Waals surface area contributed by atoms with E-state index >= 15 is 0 Å². The lowest BCUT2D eigenvalue weighted by atomic mass is 10.0. The van der Waals surface area contributed by atoms with Crippen LogP contribution in [0.15, 0.2) is 0 Å². The van der Waals surface area contributed by atoms with Gasteiger partial charge in [0.25, 0.3) is 0 Å². The van der Waals surface area contributed by atoms with E-state index in [1.807, 2.05) is 18.9 Å². The third kappa shape index (κ3) is 3.18. The van der Waals surface area contributed by atoms with Crippen LogP contribution >= 0.6 is 0 Å². The van der Waals surface area contributed by atoms with Crippen LogP contribution in [0, 0.1) is 5.92 Å². The number of nitrogens with zero attached hydrogens (tertiary/aromatic N) is 1. The van der Waals surface area contributed by atoms with E-state index in [0.717, 1.165) is 32.5 Å². The quantitative estimate of drug-likeness (QED) is 0.746. The van der Waals surface area contributed by atoms with Crippen LogP contribution in [-0.2, 0) is 9.53 Å². The van der Waals surface area contributed by atoms with Crippen LogP contribution in [0.25, 0.3) is 0 Å². The summed E-state index contributed by atoms with van der Waals surface area (Å²) < 4.78 is 5.28. The molecule has 4 heteroatoms. The number of rotatable bonds is 4. The molecular formula is C11H22N2O2. The second kappa shape index (κ2) is 6.08. The van der Waals surface area contributed by atoms with Crippen LogP contribution in [0.3, 0.4) is 0 Å². The van der Waals surface area contributed by atoms with Crippen LogP contribution in [0.2, 0.25) is 0 Å². The molecule has 0 aliphatic carbocycles. The van der Waals surface area contributed by atoms with E-state index in [-0.39, 0.29) is 11.8 Å². The fourth-order valence-corrected chi connectivity index (χ4v) is 1.98. The van der Waals surface area contributed by atoms with Gasteiger partial charge in [-0.3, -0.25) is 4.79 Å². The smallest absolute Gasteiger partial charge is 0.226 e. The van der Waals surface area contributed by atoms with Gasteiger partial charge in [0.05, 0.1) is 5.92 Å². The molecule has 1 heterocycles. The molecule has 0 radical (unpaired) electrons. The van der Waals surface area contributed by atoms with Crippen LogP contribution in [-0.4, -0.2) is 43.7 Å². The number of amides is 1. The van der Waals surface area contributed by atoms with Gasteiger partial charge in [-0.25, -0.2) is 0 Å². The van der Waals surface area contributed by atoms with Crippen molar-refractivity contribution in [2.45, 2.75) is 32.2 Å². The Balaban J connectivity index is 2.49. The molecule has 1 aliphatic rings. The summed E-state index contributed by atoms with van der Waals surface area (Å²) in [4.78, 5) is 13.9. The average molecular weight is 214 g/mol. The molecule has 1 amide bonds. The fourth-order valence-electron chi connectivity index (χ4n) is 1.98. The maximum absolute atomic E-state index is 12.0. The van der Waals surface area contributed by atoms with Crippen LogP contribution in [0.5, 0.6) is 0 Å². The van der Waals surface area contributed by atoms with Crippen molar-refractivity contribution in [2.24, 2.45) is 11.7 Å². The Morgan fingerprint density at radius 1 is 1.53 bits per heavy atom. The average Bonchev–Trinajstić information content (AvgIpc) is 2.30. The highest BCUT2D eigenvalue weighted by atomic mass is 16.5. The summed E-state index contributed by atoms with van der Waals surface area (Å²) in [7, 11) is 1.89. The van der Waals surface area contributed by atoms with E-state index in [9.17, 15) is 4.79 Å². The van der Waals surface area contributed by atoms with Crippen molar-refractivity contribution in [3.05, 3.63) is 0 Å². The maximum atomic E-state index is 12.0. The highest BCUT2D eigenvalue weighted by molar-refractivity contribution is 5.79. The summed E-state index contributed by atoms with van der Waals surface area (Å²) in [6.07, 6.45) is 2.72. The molecule has 0 aromatic carbocycles. The topological polar surface area (TPSA) is 55.6 Å². The predicted octanol–water partition coefficient (Wildman–Crippen LogP) is 0.609. The first-order chi connectivity index (χ1) is 7.20. The van der Waals surface area contributed by atoms with Gasteiger partial charge >= 0.3 is 0 Å². The summed E-state index contributed by atoms with van der Waals surface area (Å²) in [5.41, 5.74) is 5.58. The number of carbonyl (C=O) groups is 1. The molecular weight excluding hydrogens is 192 g/mol. The Bertz CT molecular complexity index is 199. The lowest BCUT2D eigenvalue weighted by Gasteiger charge is -2.33. The molecule has 0 bridgehead atoms. The zero-order valence-electron chi connectivity index (χ0n) is 9.74. The Morgan fingerprint density at radius 2 is 2.13 bits per heavy atom. The molecule has 2 N–H and O–H groups in total. The summed E-state index contributed by atoms with van der Waals surface area (Å²) in [5, 5.41) is 0. The number of hydrogen-bond acceptors (Lipinski definition) is 3. The van der Waals surface area contributed by atoms with E-state index in [0.29, 0.717) is 12.6 Å². The number of carbonyl (C=O) groups excluding carboxylic acids is 1. The zero-order valence-corrected chi connectivity index (χ0v) is 9.74. The lowest BCUT2D eigenvalue weighted by Crippen LogP contribution is -2.44. The van der Waals surface area contributed by atoms with Gasteiger partial charge in [0, 0.05) is 32.8 Å². The van der Waals surface area contributed by atoms with Crippen molar-refractivity contribution in [3.63, 3.8) is 0 Å². The monoisotopic (exact) mass is 214 g/mol. The van der Waals surface area contributed by atoms with E-state index in [1.54, 1.807) is 0 Å². The predicted molar refractivity (Wildman–Crippen MR) is 59.4 cm³/mol. The number of nitrogens with two attached hydrogens (primary N) is 1. The molecule has 4 nitrogen and oxygen atoms in total. The Hall–Kier alpha value is -0.610. The third-order valence-corrected chi connectivity index (χ3v) is 3.21. The third-order valence-electron chi connectivity index (χ3n) is 3.21. The largest absolute Gasteiger partial charge is 0.381 e. The van der Waals surface area contributed by atoms with E-state index in [1.165, 1.54) is 0 Å². The molecule has 0 saturated carbocycles. The Kier molecular flexibility index (Phi) is 5.05. The van der Waals surface area contributed by atoms with Crippen molar-refractivity contribution in [3.8, 4) is 0 Å². The summed E-state index contributed by atoms with van der Waals surface area (Å²) in [6, 6.07) is 0.340. The van der Waals surface area contributed by atoms with Gasteiger partial charge < -0.3 is 15.4 Å². The van der Waals surface area contributed by atoms with E-state index in [4.69, 9.17) is 10.5 Å². The molecule has 1 aliphatic heterocycles. The van der Waals surface area contributed by atoms with Gasteiger partial charge in [-0.05, 0) is 19.3 Å². The van der Waals surface area contributed by atoms with E-state index < -0.39 is 0 Å². The minimum absolute atomic E-state index is 0.0159. The Morgan fingerprint density at radius 3 is 2.60 bits per heavy atom. The highest BCUT2D eigenvalue weighted by Crippen LogP contribution is 2.16. The van der Waals surface area contributed by atoms with Gasteiger partial charge in [-0.2, -0.15) is 0 Å². The van der Waals surface area contributed by atoms with Crippen LogP contribution in [0.1, 0.15) is 26.2 Å². The first kappa shape index (κ1) is 12.5. The summed E-state index contributed by atoms with van der Waals surface area (Å²) in [5.74, 6) is 0.171. The van der Waals surface area contributed by atoms with Crippen molar-refractivity contribution < 1.29 is 9.53 Å². The highest BCUT2D eigenvalue weighted by Gasteiger charge is 2.26. The van der Waals surface area contributed by atoms with E-state index in [2.05, 4.69) is 0 Å². The van der Waals surface area contributed by atoms with Crippen molar-refractivity contribution in [1.82, 2.24) is 4.90 Å². The molecule has 1 unspecified atom stereocenters. The molecule has 1 atom stereocenters. The van der Waals surface area contributed by atoms with Crippen molar-refractivity contribution >= 4 is 5.91 Å². The lowest BCUT2D eigenvalue weighted by molar-refractivity contribution is -0.137. The number of ether oxygens (including phenoxy) is 1. The maximum Gasteiger partial charge on any atom is 0.226 e. The minimum Gasteiger partial charge on any atom is -0.381 e. The van der Waals surface area contributed by atoms with Crippen molar-refractivity contribution in [1.29, 1.82) is 0 Å². The van der Waals surface area contributed by atoms with Crippen molar-refractivity contribution in [2.75, 3.05) is 26.8 Å². The first-order valence-corrected chi connectivity index (χ1v) is 5.75. The van der Waals surface area contributed by atoms with Crippen LogP contribution < -0.4 is 5.73 Å². The molecule has 0 spiro atoms. The standard InChI is InChI=1S/C11H22N2O2/c1-3-9(8-12)11(14)13(2)10-4-6-15-7-5-10/h9-10H,3-8,12H2,1-2H3. The molecule has 0 aromatic rings. The molecule has 0 aromatic heterocycles. The minimum atomic E-state index is -0.0159. The SMILES string of the molecule is CCC(CN)C(=O)N(C)C1CCOCC1. The van der Waals surface area contributed by atoms with Crippen LogP contribution in [0.4, 0.5) is 0 Å². The Labute approximate surface area is 91.8 Å². The normalized spacial score (nSPS) is 19.9. The molecule has 1 fully saturated rings. The molecule has 15 heavy (non-hydrogen) atoms. The fraction of sp³-hybridized carbons (Fsp3) is 0.909. The van der Waals surface area contributed by atoms with Gasteiger partial charge in [0.2, 0.25) is 5.91 Å². The first-order valence-electron chi connectivity index (χ1n) is 5.75. The molecule has 1 saturated heterocycles. The second-order valence-corrected chi connectivity index (χ2v) is 4.13. The van der Waals surface area contributed by atoms with Gasteiger partial charge in [0.15, 0.2) is 0 Å². The zero-order chi connectivity index (χ0) is 11.3. The van der Waals surface area contributed by atoms with Gasteiger partial charge in [-0.15, -0.1) is 0 Å². The molecule has 1 rings (SSSR count). The van der Waals surface area contributed by atoms with Gasteiger partial charge in [-0.1, -0.05) is 6.92 Å². The second-order valence-electron chi connectivity index (χ2n) is 4.13. The number of hydrogen-bond donors (Lipinski definition) is 1. The summed E-state index contributed by atoms with van der Waals surface area (Å²) in [6.45, 7) is 3.99. The summed E-state index contributed by atoms with van der Waals surface area (Å²) >= 11 is 0. The van der Waals surface area contributed by atoms with Gasteiger partial charge in [0.1, 0.15) is 0 Å².